The van der Waals surface area contributed by atoms with E-state index in [-0.39, 0.29) is 44.7 Å². The number of para-hydroxylation sites is 1. The van der Waals surface area contributed by atoms with Crippen LogP contribution in [-0.2, 0) is 63.6 Å². The number of carbonyl (C=O) groups is 4. The Kier molecular flexibility index (Phi) is 23.2. The Bertz CT molecular complexity index is 1600. The maximum absolute atomic E-state index is 13.6. The molecular formula is C43H61N3O12. The topological polar surface area (TPSA) is 169 Å². The number of nitrogens with one attached hydrogen (secondary N) is 2. The van der Waals surface area contributed by atoms with Crippen molar-refractivity contribution in [3.63, 3.8) is 0 Å². The highest BCUT2D eigenvalue weighted by atomic mass is 16.6. The van der Waals surface area contributed by atoms with E-state index >= 15 is 0 Å². The molecule has 58 heavy (non-hydrogen) atoms. The Labute approximate surface area is 342 Å². The van der Waals surface area contributed by atoms with Gasteiger partial charge in [0.1, 0.15) is 11.6 Å². The zero-order valence-corrected chi connectivity index (χ0v) is 34.5. The lowest BCUT2D eigenvalue weighted by Crippen LogP contribution is -2.48. The third-order valence-electron chi connectivity index (χ3n) is 8.29. The first-order valence-corrected chi connectivity index (χ1v) is 19.8. The molecule has 0 saturated carbocycles. The molecule has 0 aromatic heterocycles. The number of rotatable bonds is 29. The highest BCUT2D eigenvalue weighted by Crippen LogP contribution is 2.26. The van der Waals surface area contributed by atoms with E-state index in [2.05, 4.69) is 22.5 Å². The minimum atomic E-state index is -1.03. The quantitative estimate of drug-likeness (QED) is 0.0701. The molecule has 0 saturated heterocycles. The monoisotopic (exact) mass is 811 g/mol. The molecule has 1 atom stereocenters. The average Bonchev–Trinajstić information content (AvgIpc) is 3.19. The van der Waals surface area contributed by atoms with Crippen molar-refractivity contribution in [2.24, 2.45) is 0 Å². The van der Waals surface area contributed by atoms with Gasteiger partial charge in [-0.25, -0.2) is 0 Å². The first-order chi connectivity index (χ1) is 28.1. The third kappa shape index (κ3) is 20.3. The SMILES string of the molecule is COCCOCCOCCOCCOCCOCCOCCNC(=O)[C@H](CCC(=O)OC(C)(C)C)NC(=O)CCC(=O)N1Cc2ccccc2C#Cc2ccccc21. The molecule has 1 aliphatic rings. The van der Waals surface area contributed by atoms with Crippen molar-refractivity contribution in [2.75, 3.05) is 104 Å². The summed E-state index contributed by atoms with van der Waals surface area (Å²) in [5.41, 5.74) is 2.41. The zero-order chi connectivity index (χ0) is 41.9. The van der Waals surface area contributed by atoms with Crippen LogP contribution in [0.1, 0.15) is 63.1 Å². The van der Waals surface area contributed by atoms with Gasteiger partial charge in [0.05, 0.1) is 98.1 Å². The fraction of sp³-hybridized carbons (Fsp3) is 0.581. The minimum absolute atomic E-state index is 0.0125. The number of esters is 1. The van der Waals surface area contributed by atoms with Crippen LogP contribution in [0.15, 0.2) is 48.5 Å². The minimum Gasteiger partial charge on any atom is -0.460 e. The second-order valence-electron chi connectivity index (χ2n) is 14.1. The van der Waals surface area contributed by atoms with E-state index in [4.69, 9.17) is 37.9 Å². The Balaban J connectivity index is 1.34. The van der Waals surface area contributed by atoms with Gasteiger partial charge in [-0.05, 0) is 51.0 Å². The lowest BCUT2D eigenvalue weighted by Gasteiger charge is -2.26. The summed E-state index contributed by atoms with van der Waals surface area (Å²) in [7, 11) is 1.63. The highest BCUT2D eigenvalue weighted by molar-refractivity contribution is 5.97. The summed E-state index contributed by atoms with van der Waals surface area (Å²) >= 11 is 0. The summed E-state index contributed by atoms with van der Waals surface area (Å²) in [5.74, 6) is 4.63. The van der Waals surface area contributed by atoms with Crippen LogP contribution in [0.3, 0.4) is 0 Å². The molecule has 320 valence electrons. The summed E-state index contributed by atoms with van der Waals surface area (Å²) in [6.07, 6.45) is -0.342. The largest absolute Gasteiger partial charge is 0.460 e. The Morgan fingerprint density at radius 3 is 1.78 bits per heavy atom. The molecule has 2 aromatic rings. The molecule has 1 aliphatic heterocycles. The molecule has 15 nitrogen and oxygen atoms in total. The van der Waals surface area contributed by atoms with Crippen LogP contribution < -0.4 is 15.5 Å². The van der Waals surface area contributed by atoms with Gasteiger partial charge in [-0.1, -0.05) is 42.2 Å². The molecule has 15 heteroatoms. The van der Waals surface area contributed by atoms with Crippen LogP contribution in [0, 0.1) is 11.8 Å². The van der Waals surface area contributed by atoms with E-state index in [1.165, 1.54) is 0 Å². The summed E-state index contributed by atoms with van der Waals surface area (Å²) in [6.45, 7) is 11.4. The van der Waals surface area contributed by atoms with Gasteiger partial charge in [0.25, 0.3) is 0 Å². The summed E-state index contributed by atoms with van der Waals surface area (Å²) in [5, 5.41) is 5.48. The molecule has 3 rings (SSSR count). The molecular weight excluding hydrogens is 750 g/mol. The van der Waals surface area contributed by atoms with Gasteiger partial charge in [0.2, 0.25) is 17.7 Å². The molecule has 0 unspecified atom stereocenters. The van der Waals surface area contributed by atoms with Gasteiger partial charge in [-0.2, -0.15) is 0 Å². The van der Waals surface area contributed by atoms with Gasteiger partial charge in [0.15, 0.2) is 0 Å². The van der Waals surface area contributed by atoms with Crippen LogP contribution in [0.5, 0.6) is 0 Å². The molecule has 0 aliphatic carbocycles. The number of amides is 3. The highest BCUT2D eigenvalue weighted by Gasteiger charge is 2.26. The van der Waals surface area contributed by atoms with Gasteiger partial charge in [0, 0.05) is 44.0 Å². The van der Waals surface area contributed by atoms with Gasteiger partial charge < -0.3 is 53.4 Å². The second-order valence-corrected chi connectivity index (χ2v) is 14.1. The van der Waals surface area contributed by atoms with E-state index in [0.717, 1.165) is 11.1 Å². The smallest absolute Gasteiger partial charge is 0.306 e. The van der Waals surface area contributed by atoms with Crippen LogP contribution in [0.25, 0.3) is 0 Å². The number of methoxy groups -OCH3 is 1. The number of ether oxygens (including phenoxy) is 8. The lowest BCUT2D eigenvalue weighted by atomic mass is 10.0. The number of nitrogens with zero attached hydrogens (tertiary/aromatic N) is 1. The van der Waals surface area contributed by atoms with Crippen molar-refractivity contribution in [1.82, 2.24) is 10.6 Å². The van der Waals surface area contributed by atoms with Crippen molar-refractivity contribution in [1.29, 1.82) is 0 Å². The van der Waals surface area contributed by atoms with Crippen molar-refractivity contribution >= 4 is 29.4 Å². The van der Waals surface area contributed by atoms with Crippen molar-refractivity contribution in [3.05, 3.63) is 65.2 Å². The average molecular weight is 812 g/mol. The number of hydrogen-bond donors (Lipinski definition) is 2. The second kappa shape index (κ2) is 28.1. The van der Waals surface area contributed by atoms with E-state index < -0.39 is 29.4 Å². The predicted molar refractivity (Wildman–Crippen MR) is 216 cm³/mol. The van der Waals surface area contributed by atoms with Crippen LogP contribution in [0.2, 0.25) is 0 Å². The van der Waals surface area contributed by atoms with Crippen LogP contribution in [-0.4, -0.2) is 135 Å². The fourth-order valence-electron chi connectivity index (χ4n) is 5.47. The molecule has 0 radical (unpaired) electrons. The van der Waals surface area contributed by atoms with Crippen molar-refractivity contribution < 1.29 is 57.1 Å². The zero-order valence-electron chi connectivity index (χ0n) is 34.5. The third-order valence-corrected chi connectivity index (χ3v) is 8.29. The molecule has 1 heterocycles. The first-order valence-electron chi connectivity index (χ1n) is 19.8. The summed E-state index contributed by atoms with van der Waals surface area (Å²) in [4.78, 5) is 54.1. The number of hydrogen-bond acceptors (Lipinski definition) is 12. The van der Waals surface area contributed by atoms with Gasteiger partial charge in [-0.3, -0.25) is 19.2 Å². The maximum Gasteiger partial charge on any atom is 0.306 e. The van der Waals surface area contributed by atoms with E-state index in [1.807, 2.05) is 48.5 Å². The van der Waals surface area contributed by atoms with E-state index in [9.17, 15) is 19.2 Å². The number of anilines is 1. The molecule has 0 fully saturated rings. The van der Waals surface area contributed by atoms with Crippen molar-refractivity contribution in [2.45, 2.75) is 64.6 Å². The summed E-state index contributed by atoms with van der Waals surface area (Å²) in [6, 6.07) is 14.0. The standard InChI is InChI=1S/C43H61N3O12/c1-43(2,3)58-41(49)18-15-37(42(50)44-19-20-52-23-24-54-27-28-56-31-32-57-30-29-55-26-25-53-22-21-51-4)45-39(47)16-17-40(48)46-33-36-11-6-5-9-34(36)13-14-35-10-7-8-12-38(35)46/h5-12,37H,15-33H2,1-4H3,(H,44,50)(H,45,47)/t37-/m0/s1. The Morgan fingerprint density at radius 2 is 1.19 bits per heavy atom. The van der Waals surface area contributed by atoms with Gasteiger partial charge >= 0.3 is 5.97 Å². The molecule has 3 amide bonds. The number of fused-ring (bicyclic) bond motifs is 2. The fourth-order valence-corrected chi connectivity index (χ4v) is 5.47. The normalized spacial score (nSPS) is 12.6. The molecule has 2 N–H and O–H groups in total. The Hall–Kier alpha value is -4.40. The van der Waals surface area contributed by atoms with Crippen LogP contribution >= 0.6 is 0 Å². The van der Waals surface area contributed by atoms with Gasteiger partial charge in [-0.15, -0.1) is 0 Å². The lowest BCUT2D eigenvalue weighted by molar-refractivity contribution is -0.155. The molecule has 0 spiro atoms. The number of benzene rings is 2. The summed E-state index contributed by atoms with van der Waals surface area (Å²) < 4.78 is 43.1. The van der Waals surface area contributed by atoms with Crippen molar-refractivity contribution in [3.8, 4) is 11.8 Å². The Morgan fingerprint density at radius 1 is 0.672 bits per heavy atom. The van der Waals surface area contributed by atoms with E-state index in [1.54, 1.807) is 32.8 Å². The molecule has 0 bridgehead atoms. The molecule has 2 aromatic carbocycles. The first kappa shape index (κ1) is 48.0. The van der Waals surface area contributed by atoms with Crippen LogP contribution in [0.4, 0.5) is 5.69 Å². The number of carbonyl (C=O) groups excluding carboxylic acids is 4. The van der Waals surface area contributed by atoms with E-state index in [0.29, 0.717) is 97.1 Å². The maximum atomic E-state index is 13.6. The predicted octanol–water partition coefficient (Wildman–Crippen LogP) is 3.18.